The Morgan fingerprint density at radius 1 is 1.05 bits per heavy atom. The van der Waals surface area contributed by atoms with E-state index in [9.17, 15) is 9.18 Å². The summed E-state index contributed by atoms with van der Waals surface area (Å²) in [4.78, 5) is 13.9. The highest BCUT2D eigenvalue weighted by Crippen LogP contribution is 2.36. The summed E-state index contributed by atoms with van der Waals surface area (Å²) in [6, 6.07) is 6.34. The van der Waals surface area contributed by atoms with Crippen molar-refractivity contribution in [1.82, 2.24) is 4.98 Å². The fourth-order valence-electron chi connectivity index (χ4n) is 2.36. The van der Waals surface area contributed by atoms with Crippen molar-refractivity contribution in [3.8, 4) is 0 Å². The highest BCUT2D eigenvalue weighted by atomic mass is 19.1. The second-order valence-corrected chi connectivity index (χ2v) is 6.34. The number of aromatic nitrogens is 1. The molecule has 6 heteroatoms. The molecule has 0 radical (unpaired) electrons. The van der Waals surface area contributed by atoms with Gasteiger partial charge in [0.25, 0.3) is 0 Å². The average Bonchev–Trinajstić information content (AvgIpc) is 2.59. The Hall–Kier alpha value is -1.66. The first-order valence-electron chi connectivity index (χ1n) is 6.88. The van der Waals surface area contributed by atoms with Gasteiger partial charge in [-0.1, -0.05) is 12.1 Å². The van der Waals surface area contributed by atoms with E-state index in [1.54, 1.807) is 18.2 Å². The molecule has 0 aliphatic carbocycles. The van der Waals surface area contributed by atoms with Gasteiger partial charge in [0.05, 0.1) is 16.7 Å². The summed E-state index contributed by atoms with van der Waals surface area (Å²) in [5.74, 6) is -0.510. The number of benzene rings is 1. The van der Waals surface area contributed by atoms with E-state index in [-0.39, 0.29) is 11.1 Å². The minimum atomic E-state index is -0.789. The van der Waals surface area contributed by atoms with Crippen LogP contribution in [0.1, 0.15) is 27.7 Å². The zero-order chi connectivity index (χ0) is 15.4. The molecule has 0 bridgehead atoms. The van der Waals surface area contributed by atoms with Crippen LogP contribution in [0, 0.1) is 5.82 Å². The molecule has 0 saturated carbocycles. The Balaban J connectivity index is 2.10. The quantitative estimate of drug-likeness (QED) is 0.817. The van der Waals surface area contributed by atoms with Crippen LogP contribution < -0.4 is 11.0 Å². The van der Waals surface area contributed by atoms with E-state index in [1.165, 1.54) is 6.07 Å². The molecule has 2 aromatic rings. The van der Waals surface area contributed by atoms with Gasteiger partial charge in [-0.05, 0) is 33.8 Å². The van der Waals surface area contributed by atoms with Gasteiger partial charge in [0.2, 0.25) is 5.56 Å². The molecule has 1 aromatic carbocycles. The smallest absolute Gasteiger partial charge is 0.399 e. The molecule has 0 atom stereocenters. The second-order valence-electron chi connectivity index (χ2n) is 6.34. The van der Waals surface area contributed by atoms with Gasteiger partial charge in [-0.3, -0.25) is 4.79 Å². The molecule has 3 rings (SSSR count). The molecule has 0 spiro atoms. The van der Waals surface area contributed by atoms with Gasteiger partial charge in [-0.15, -0.1) is 0 Å². The molecule has 1 aliphatic heterocycles. The van der Waals surface area contributed by atoms with Crippen LogP contribution in [0.3, 0.4) is 0 Å². The predicted octanol–water partition coefficient (Wildman–Crippen LogP) is 1.97. The standard InChI is InChI=1S/C15H17BFNO3/c1-14(2)15(3,4)21-16(20-14)10-7-5-9-6-8-11(19)18-13(9)12(10)17/h5-8H,1-4H3,(H,18,19). The molecule has 1 aromatic heterocycles. The maximum absolute atomic E-state index is 14.7. The minimum Gasteiger partial charge on any atom is -0.399 e. The third-order valence-corrected chi connectivity index (χ3v) is 4.37. The molecule has 1 fully saturated rings. The average molecular weight is 289 g/mol. The third kappa shape index (κ3) is 2.19. The molecule has 21 heavy (non-hydrogen) atoms. The summed E-state index contributed by atoms with van der Waals surface area (Å²) in [6.45, 7) is 7.64. The van der Waals surface area contributed by atoms with Gasteiger partial charge >= 0.3 is 7.12 Å². The van der Waals surface area contributed by atoms with Crippen LogP contribution in [-0.4, -0.2) is 23.3 Å². The van der Waals surface area contributed by atoms with Gasteiger partial charge in [0, 0.05) is 16.9 Å². The van der Waals surface area contributed by atoms with E-state index in [1.807, 2.05) is 27.7 Å². The molecule has 0 amide bonds. The Labute approximate surface area is 122 Å². The van der Waals surface area contributed by atoms with Crippen molar-refractivity contribution < 1.29 is 13.7 Å². The van der Waals surface area contributed by atoms with Crippen molar-refractivity contribution in [2.45, 2.75) is 38.9 Å². The van der Waals surface area contributed by atoms with Crippen LogP contribution in [0.25, 0.3) is 10.9 Å². The van der Waals surface area contributed by atoms with Crippen LogP contribution in [0.5, 0.6) is 0 Å². The van der Waals surface area contributed by atoms with Crippen LogP contribution in [0.4, 0.5) is 4.39 Å². The monoisotopic (exact) mass is 289 g/mol. The van der Waals surface area contributed by atoms with Crippen molar-refractivity contribution in [2.75, 3.05) is 0 Å². The lowest BCUT2D eigenvalue weighted by atomic mass is 9.78. The summed E-state index contributed by atoms with van der Waals surface area (Å²) in [6.07, 6.45) is 0. The number of H-pyrrole nitrogens is 1. The summed E-state index contributed by atoms with van der Waals surface area (Å²) in [5.41, 5.74) is -0.947. The van der Waals surface area contributed by atoms with Crippen molar-refractivity contribution >= 4 is 23.5 Å². The Morgan fingerprint density at radius 2 is 1.62 bits per heavy atom. The maximum Gasteiger partial charge on any atom is 0.497 e. The molecule has 2 heterocycles. The first-order chi connectivity index (χ1) is 9.71. The molecular weight excluding hydrogens is 272 g/mol. The lowest BCUT2D eigenvalue weighted by Crippen LogP contribution is -2.41. The third-order valence-electron chi connectivity index (χ3n) is 4.37. The second kappa shape index (κ2) is 4.42. The van der Waals surface area contributed by atoms with E-state index >= 15 is 0 Å². The first-order valence-corrected chi connectivity index (χ1v) is 6.88. The van der Waals surface area contributed by atoms with Crippen molar-refractivity contribution in [2.24, 2.45) is 0 Å². The number of rotatable bonds is 1. The largest absolute Gasteiger partial charge is 0.497 e. The molecule has 1 aliphatic rings. The topological polar surface area (TPSA) is 51.3 Å². The van der Waals surface area contributed by atoms with Gasteiger partial charge in [0.1, 0.15) is 5.82 Å². The lowest BCUT2D eigenvalue weighted by Gasteiger charge is -2.32. The number of fused-ring (bicyclic) bond motifs is 1. The van der Waals surface area contributed by atoms with Crippen LogP contribution in [0.2, 0.25) is 0 Å². The van der Waals surface area contributed by atoms with Crippen LogP contribution >= 0.6 is 0 Å². The SMILES string of the molecule is CC1(C)OB(c2ccc3ccc(=O)[nH]c3c2F)OC1(C)C. The predicted molar refractivity (Wildman–Crippen MR) is 80.2 cm³/mol. The van der Waals surface area contributed by atoms with E-state index in [0.717, 1.165) is 0 Å². The molecule has 1 N–H and O–H groups in total. The number of aromatic amines is 1. The number of pyridine rings is 1. The van der Waals surface area contributed by atoms with Gasteiger partial charge < -0.3 is 14.3 Å². The normalized spacial score (nSPS) is 20.1. The van der Waals surface area contributed by atoms with Crippen molar-refractivity contribution in [3.05, 3.63) is 40.4 Å². The number of hydrogen-bond donors (Lipinski definition) is 1. The Morgan fingerprint density at radius 3 is 2.24 bits per heavy atom. The molecular formula is C15H17BFNO3. The first kappa shape index (κ1) is 14.3. The van der Waals surface area contributed by atoms with Crippen molar-refractivity contribution in [1.29, 1.82) is 0 Å². The Bertz CT molecular complexity index is 753. The van der Waals surface area contributed by atoms with Gasteiger partial charge in [-0.25, -0.2) is 4.39 Å². The van der Waals surface area contributed by atoms with Crippen LogP contribution in [-0.2, 0) is 9.31 Å². The summed E-state index contributed by atoms with van der Waals surface area (Å²) in [7, 11) is -0.789. The van der Waals surface area contributed by atoms with E-state index in [2.05, 4.69) is 4.98 Å². The minimum absolute atomic E-state index is 0.176. The number of nitrogens with one attached hydrogen (secondary N) is 1. The summed E-state index contributed by atoms with van der Waals surface area (Å²) >= 11 is 0. The van der Waals surface area contributed by atoms with Gasteiger partial charge in [0.15, 0.2) is 0 Å². The zero-order valence-corrected chi connectivity index (χ0v) is 12.5. The number of hydrogen-bond acceptors (Lipinski definition) is 3. The fourth-order valence-corrected chi connectivity index (χ4v) is 2.36. The summed E-state index contributed by atoms with van der Waals surface area (Å²) < 4.78 is 26.4. The van der Waals surface area contributed by atoms with E-state index in [4.69, 9.17) is 9.31 Å². The zero-order valence-electron chi connectivity index (χ0n) is 12.5. The highest BCUT2D eigenvalue weighted by Gasteiger charge is 2.52. The van der Waals surface area contributed by atoms with Crippen molar-refractivity contribution in [3.63, 3.8) is 0 Å². The molecule has 1 saturated heterocycles. The van der Waals surface area contributed by atoms with E-state index in [0.29, 0.717) is 10.8 Å². The fraction of sp³-hybridized carbons (Fsp3) is 0.400. The Kier molecular flexibility index (Phi) is 3.01. The maximum atomic E-state index is 14.7. The van der Waals surface area contributed by atoms with Crippen LogP contribution in [0.15, 0.2) is 29.1 Å². The number of halogens is 1. The molecule has 0 unspecified atom stereocenters. The molecule has 110 valence electrons. The molecule has 4 nitrogen and oxygen atoms in total. The highest BCUT2D eigenvalue weighted by molar-refractivity contribution is 6.62. The van der Waals surface area contributed by atoms with E-state index < -0.39 is 24.1 Å². The lowest BCUT2D eigenvalue weighted by molar-refractivity contribution is 0.00578. The van der Waals surface area contributed by atoms with Gasteiger partial charge in [-0.2, -0.15) is 0 Å². The summed E-state index contributed by atoms with van der Waals surface area (Å²) in [5, 5.41) is 0.632.